The third-order valence-electron chi connectivity index (χ3n) is 0. The van der Waals surface area contributed by atoms with Crippen molar-refractivity contribution >= 4 is 0 Å². The van der Waals surface area contributed by atoms with Crippen molar-refractivity contribution in [2.75, 3.05) is 0 Å². The molecule has 0 N–H and O–H groups in total. The molecule has 0 aromatic carbocycles. The summed E-state index contributed by atoms with van der Waals surface area (Å²) in [7, 11) is 0. The van der Waals surface area contributed by atoms with E-state index >= 15 is 0 Å². The van der Waals surface area contributed by atoms with Gasteiger partial charge in [-0.3, -0.25) is 0 Å². The Bertz CT molecular complexity index is 29.0. The van der Waals surface area contributed by atoms with Gasteiger partial charge >= 0.3 is 39.0 Å². The van der Waals surface area contributed by atoms with Gasteiger partial charge in [-0.15, -0.1) is 0 Å². The number of hydrogen-bond donors (Lipinski definition) is 0. The Balaban J connectivity index is 2.80. The minimum absolute atomic E-state index is 4.98. The molecule has 0 aromatic rings. The second-order valence-electron chi connectivity index (χ2n) is 0.226. The zero-order valence-corrected chi connectivity index (χ0v) is 5.77. The van der Waals surface area contributed by atoms with E-state index in [0.717, 1.165) is 0 Å². The molecule has 0 radical (unpaired) electrons. The van der Waals surface area contributed by atoms with Crippen LogP contribution in [0.25, 0.3) is 0 Å². The number of halogens is 2. The molecular weight excluding hydrogens is 286 g/mol. The Hall–Kier alpha value is 0.985. The number of hydrogen-bond acceptors (Lipinski definition) is 1. The molecule has 0 spiro atoms. The predicted molar refractivity (Wildman–Crippen MR) is 2.90 cm³/mol. The van der Waals surface area contributed by atoms with Crippen LogP contribution in [0.15, 0.2) is 0 Å². The summed E-state index contributed by atoms with van der Waals surface area (Å²) in [5, 5.41) is 0. The SMILES string of the molecule is [O]=[Th]([F])[F]. The van der Waals surface area contributed by atoms with Gasteiger partial charge in [0.05, 0.1) is 0 Å². The summed E-state index contributed by atoms with van der Waals surface area (Å²) in [6, 6.07) is 0. The molecule has 0 aromatic heterocycles. The Labute approximate surface area is 38.6 Å². The second kappa shape index (κ2) is 2.24. The Morgan fingerprint density at radius 1 is 1.50 bits per heavy atom. The van der Waals surface area contributed by atoms with E-state index in [1.807, 2.05) is 0 Å². The van der Waals surface area contributed by atoms with Crippen LogP contribution in [0.1, 0.15) is 0 Å². The molecule has 4 heavy (non-hydrogen) atoms. The van der Waals surface area contributed by atoms with Gasteiger partial charge in [0, 0.05) is 0 Å². The van der Waals surface area contributed by atoms with Crippen molar-refractivity contribution in [3.05, 3.63) is 0 Å². The first-order valence-corrected chi connectivity index (χ1v) is 5.37. The zero-order chi connectivity index (χ0) is 3.58. The van der Waals surface area contributed by atoms with Crippen LogP contribution in [0, 0.1) is 35.6 Å². The van der Waals surface area contributed by atoms with Gasteiger partial charge in [-0.25, -0.2) is 0 Å². The van der Waals surface area contributed by atoms with Crippen LogP contribution < -0.4 is 0 Å². The Morgan fingerprint density at radius 2 is 1.50 bits per heavy atom. The molecular formula is F2OTh. The van der Waals surface area contributed by atoms with Gasteiger partial charge in [-0.05, 0) is 0 Å². The van der Waals surface area contributed by atoms with Crippen LogP contribution in [-0.2, 0) is 1.16 Å². The van der Waals surface area contributed by atoms with Crippen LogP contribution in [0.4, 0.5) is 2.23 Å². The van der Waals surface area contributed by atoms with Gasteiger partial charge in [0.2, 0.25) is 0 Å². The molecule has 0 bridgehead atoms. The van der Waals surface area contributed by atoms with E-state index in [4.69, 9.17) is 1.16 Å². The fraction of sp³-hybridized carbons (Fsp3) is 0. The molecule has 0 aliphatic heterocycles. The van der Waals surface area contributed by atoms with Crippen molar-refractivity contribution in [2.45, 2.75) is 0 Å². The van der Waals surface area contributed by atoms with Crippen LogP contribution in [0.3, 0.4) is 0 Å². The molecule has 0 rings (SSSR count). The fourth-order valence-electron chi connectivity index (χ4n) is 0. The second-order valence-corrected chi connectivity index (χ2v) is 2.08. The molecule has 24 valence electrons. The van der Waals surface area contributed by atoms with Crippen LogP contribution in [0.2, 0.25) is 0 Å². The van der Waals surface area contributed by atoms with Crippen molar-refractivity contribution in [1.29, 1.82) is 0 Å². The molecule has 0 fully saturated rings. The molecule has 1 nitrogen and oxygen atoms in total. The van der Waals surface area contributed by atoms with E-state index in [9.17, 15) is 2.23 Å². The molecule has 0 atom stereocenters. The average molecular weight is 286 g/mol. The van der Waals surface area contributed by atoms with Crippen molar-refractivity contribution in [3.63, 3.8) is 0 Å². The van der Waals surface area contributed by atoms with E-state index in [1.165, 1.54) is 0 Å². The van der Waals surface area contributed by atoms with Gasteiger partial charge < -0.3 is 0 Å². The van der Waals surface area contributed by atoms with Gasteiger partial charge in [0.1, 0.15) is 0 Å². The van der Waals surface area contributed by atoms with E-state index < -0.39 is 35.6 Å². The summed E-state index contributed by atoms with van der Waals surface area (Å²) in [6.07, 6.45) is 0. The van der Waals surface area contributed by atoms with Crippen LogP contribution in [-0.4, -0.2) is 0 Å². The van der Waals surface area contributed by atoms with Crippen molar-refractivity contribution in [3.8, 4) is 0 Å². The minimum atomic E-state index is -4.98. The van der Waals surface area contributed by atoms with Gasteiger partial charge in [-0.1, -0.05) is 0 Å². The van der Waals surface area contributed by atoms with E-state index in [2.05, 4.69) is 0 Å². The van der Waals surface area contributed by atoms with Crippen LogP contribution >= 0.6 is 0 Å². The van der Waals surface area contributed by atoms with E-state index in [-0.39, 0.29) is 0 Å². The topological polar surface area (TPSA) is 17.1 Å². The maximum atomic E-state index is 10.0. The van der Waals surface area contributed by atoms with Crippen molar-refractivity contribution in [1.82, 2.24) is 0 Å². The first-order chi connectivity index (χ1) is 1.73. The molecule has 0 saturated heterocycles. The van der Waals surface area contributed by atoms with Gasteiger partial charge in [0.15, 0.2) is 0 Å². The Kier molecular flexibility index (Phi) is 2.79. The number of rotatable bonds is 0. The third-order valence-corrected chi connectivity index (χ3v) is 0. The molecule has 0 aliphatic rings. The first kappa shape index (κ1) is 4.98. The standard InChI is InChI=1S/2FH.O.Th/h2*1H;;/q;;;+2/p-2. The molecule has 0 saturated carbocycles. The van der Waals surface area contributed by atoms with Gasteiger partial charge in [0.25, 0.3) is 0 Å². The fourth-order valence-corrected chi connectivity index (χ4v) is 0. The summed E-state index contributed by atoms with van der Waals surface area (Å²) >= 11 is -4.98. The average Bonchev–Trinajstić information content (AvgIpc) is 0.811. The predicted octanol–water partition coefficient (Wildman–Crippen LogP) is 0.722. The molecule has 0 amide bonds. The monoisotopic (exact) mass is 286 g/mol. The molecule has 0 aliphatic carbocycles. The first-order valence-electron chi connectivity index (χ1n) is 0.582. The summed E-state index contributed by atoms with van der Waals surface area (Å²) in [6.45, 7) is 0. The van der Waals surface area contributed by atoms with E-state index in [1.54, 1.807) is 0 Å². The van der Waals surface area contributed by atoms with Crippen LogP contribution in [0.5, 0.6) is 0 Å². The van der Waals surface area contributed by atoms with Crippen molar-refractivity contribution < 1.29 is 39.0 Å². The summed E-state index contributed by atoms with van der Waals surface area (Å²) in [5.74, 6) is 0. The van der Waals surface area contributed by atoms with Crippen molar-refractivity contribution in [2.24, 2.45) is 0 Å². The third kappa shape index (κ3) is 12.1. The quantitative estimate of drug-likeness (QED) is 0.641. The molecule has 4 heteroatoms. The summed E-state index contributed by atoms with van der Waals surface area (Å²) in [5.41, 5.74) is 0. The summed E-state index contributed by atoms with van der Waals surface area (Å²) < 4.78 is 28.4. The molecule has 0 heterocycles. The summed E-state index contributed by atoms with van der Waals surface area (Å²) in [4.78, 5) is 0. The van der Waals surface area contributed by atoms with E-state index in [0.29, 0.717) is 0 Å². The molecule has 0 unspecified atom stereocenters. The maximum absolute atomic E-state index is 10.0. The normalized spacial score (nSPS) is 6.50. The zero-order valence-electron chi connectivity index (χ0n) is 1.66. The Morgan fingerprint density at radius 3 is 1.50 bits per heavy atom. The van der Waals surface area contributed by atoms with Gasteiger partial charge in [-0.2, -0.15) is 0 Å².